The number of carbonyl (C=O) groups excluding carboxylic acids is 4. The molecule has 0 unspecified atom stereocenters. The summed E-state index contributed by atoms with van der Waals surface area (Å²) in [4.78, 5) is 40.1. The molecule has 167 valence electrons. The fourth-order valence-corrected chi connectivity index (χ4v) is 1.18. The molecule has 4 N–H and O–H groups in total. The molecule has 9 heteroatoms. The van der Waals surface area contributed by atoms with E-state index in [2.05, 4.69) is 0 Å². The van der Waals surface area contributed by atoms with Gasteiger partial charge in [0.25, 0.3) is 0 Å². The molecule has 0 aromatic heterocycles. The van der Waals surface area contributed by atoms with Crippen molar-refractivity contribution in [2.75, 3.05) is 0 Å². The summed E-state index contributed by atoms with van der Waals surface area (Å²) >= 11 is 0. The van der Waals surface area contributed by atoms with Crippen LogP contribution in [0, 0.1) is 49.4 Å². The van der Waals surface area contributed by atoms with Crippen LogP contribution in [0.3, 0.4) is 0 Å². The van der Waals surface area contributed by atoms with Gasteiger partial charge in [0.2, 0.25) is 0 Å². The largest absolute Gasteiger partial charge is 0.512 e. The summed E-state index contributed by atoms with van der Waals surface area (Å²) in [6.45, 7) is 11.4. The van der Waals surface area contributed by atoms with Crippen molar-refractivity contribution in [2.24, 2.45) is 0 Å². The fourth-order valence-electron chi connectivity index (χ4n) is 1.18. The third kappa shape index (κ3) is 75.8. The van der Waals surface area contributed by atoms with Gasteiger partial charge in [0.05, 0.1) is 23.0 Å². The van der Waals surface area contributed by atoms with Crippen LogP contribution < -0.4 is 0 Å². The number of allylic oxidation sites excluding steroid dienone is 8. The van der Waals surface area contributed by atoms with Crippen molar-refractivity contribution in [3.63, 3.8) is 0 Å². The molecule has 8 nitrogen and oxygen atoms in total. The van der Waals surface area contributed by atoms with E-state index in [0.717, 1.165) is 0 Å². The molecular weight excluding hydrogens is 520 g/mol. The first kappa shape index (κ1) is 38.1. The van der Waals surface area contributed by atoms with E-state index in [1.54, 1.807) is 0 Å². The van der Waals surface area contributed by atoms with Gasteiger partial charge in [0, 0.05) is 73.7 Å². The maximum atomic E-state index is 10.0. The minimum absolute atomic E-state index is 0. The van der Waals surface area contributed by atoms with Crippen LogP contribution in [0.1, 0.15) is 55.4 Å². The van der Waals surface area contributed by atoms with Crippen LogP contribution in [-0.2, 0) is 19.2 Å². The van der Waals surface area contributed by atoms with E-state index in [9.17, 15) is 19.2 Å². The first-order chi connectivity index (χ1) is 12.5. The molecule has 0 aliphatic rings. The molecule has 0 rings (SSSR count). The van der Waals surface area contributed by atoms with Crippen molar-refractivity contribution in [1.29, 1.82) is 0 Å². The van der Waals surface area contributed by atoms with Gasteiger partial charge >= 0.3 is 0 Å². The van der Waals surface area contributed by atoms with Crippen LogP contribution in [0.2, 0.25) is 0 Å². The molecule has 0 amide bonds. The Bertz CT molecular complexity index is 513. The summed E-state index contributed by atoms with van der Waals surface area (Å²) in [7, 11) is 0. The summed E-state index contributed by atoms with van der Waals surface area (Å²) < 4.78 is 0. The summed E-state index contributed by atoms with van der Waals surface area (Å²) in [6, 6.07) is 0. The van der Waals surface area contributed by atoms with Crippen LogP contribution >= 0.6 is 0 Å². The SMILES string of the molecule is CC(=O)C=C(C)O.CC(=O)C=C(C)O.CC(=O)C=C(C)O.CC(=O)C=C(C)O.[Eu]. The van der Waals surface area contributed by atoms with Gasteiger partial charge in [-0.1, -0.05) is 0 Å². The van der Waals surface area contributed by atoms with E-state index in [1.165, 1.54) is 79.7 Å². The predicted molar refractivity (Wildman–Crippen MR) is 108 cm³/mol. The molecule has 0 aromatic carbocycles. The van der Waals surface area contributed by atoms with Crippen LogP contribution in [0.4, 0.5) is 0 Å². The number of aliphatic hydroxyl groups is 4. The monoisotopic (exact) mass is 553 g/mol. The Kier molecular flexibility index (Phi) is 32.1. The average Bonchev–Trinajstić information content (AvgIpc) is 2.32. The van der Waals surface area contributed by atoms with Gasteiger partial charge in [-0.25, -0.2) is 0 Å². The predicted octanol–water partition coefficient (Wildman–Crippen LogP) is 4.15. The number of rotatable bonds is 4. The average molecular weight is 552 g/mol. The molecule has 29 heavy (non-hydrogen) atoms. The molecule has 1 radical (unpaired) electrons. The van der Waals surface area contributed by atoms with Crippen molar-refractivity contribution < 1.29 is 89.0 Å². The Labute approximate surface area is 213 Å². The molecule has 0 saturated heterocycles. The van der Waals surface area contributed by atoms with Gasteiger partial charge in [-0.2, -0.15) is 0 Å². The Morgan fingerprint density at radius 2 is 0.517 bits per heavy atom. The molecule has 0 aromatic rings. The van der Waals surface area contributed by atoms with E-state index in [4.69, 9.17) is 20.4 Å². The number of aliphatic hydroxyl groups excluding tert-OH is 4. The van der Waals surface area contributed by atoms with Crippen molar-refractivity contribution >= 4 is 23.1 Å². The summed E-state index contributed by atoms with van der Waals surface area (Å²) in [5.74, 6) is -0.250. The van der Waals surface area contributed by atoms with Crippen LogP contribution in [0.5, 0.6) is 0 Å². The molecule has 0 aliphatic heterocycles. The molecule has 0 aliphatic carbocycles. The second-order valence-electron chi connectivity index (χ2n) is 5.59. The summed E-state index contributed by atoms with van der Waals surface area (Å²) in [6.07, 6.45) is 4.67. The Morgan fingerprint density at radius 3 is 0.517 bits per heavy atom. The second kappa shape index (κ2) is 24.5. The third-order valence-electron chi connectivity index (χ3n) is 1.65. The van der Waals surface area contributed by atoms with Crippen molar-refractivity contribution in [3.05, 3.63) is 47.3 Å². The topological polar surface area (TPSA) is 149 Å². The minimum Gasteiger partial charge on any atom is -0.512 e. The number of hydrogen-bond acceptors (Lipinski definition) is 8. The quantitative estimate of drug-likeness (QED) is 0.300. The van der Waals surface area contributed by atoms with Gasteiger partial charge in [-0.3, -0.25) is 19.2 Å². The summed E-state index contributed by atoms with van der Waals surface area (Å²) in [5.41, 5.74) is 0. The van der Waals surface area contributed by atoms with E-state index >= 15 is 0 Å². The first-order valence-electron chi connectivity index (χ1n) is 8.02. The molecule has 0 atom stereocenters. The zero-order valence-electron chi connectivity index (χ0n) is 18.1. The molecule has 0 heterocycles. The maximum absolute atomic E-state index is 10.0. The van der Waals surface area contributed by atoms with Crippen molar-refractivity contribution in [1.82, 2.24) is 0 Å². The third-order valence-corrected chi connectivity index (χ3v) is 1.65. The number of carbonyl (C=O) groups is 4. The van der Waals surface area contributed by atoms with Gasteiger partial charge < -0.3 is 20.4 Å². The van der Waals surface area contributed by atoms with Gasteiger partial charge in [0.1, 0.15) is 0 Å². The normalized spacial score (nSPS) is 11.0. The van der Waals surface area contributed by atoms with E-state index in [-0.39, 0.29) is 95.5 Å². The van der Waals surface area contributed by atoms with E-state index < -0.39 is 0 Å². The minimum atomic E-state index is -0.125. The fraction of sp³-hybridized carbons (Fsp3) is 0.400. The number of ketones is 4. The standard InChI is InChI=1S/4C5H8O2.Eu/c4*1-4(6)3-5(2)7;/h4*3,6H,1-2H3;. The molecule has 0 saturated carbocycles. The zero-order valence-corrected chi connectivity index (χ0v) is 20.5. The van der Waals surface area contributed by atoms with Gasteiger partial charge in [-0.05, 0) is 55.4 Å². The van der Waals surface area contributed by atoms with E-state index in [0.29, 0.717) is 0 Å². The van der Waals surface area contributed by atoms with Crippen LogP contribution in [0.15, 0.2) is 47.3 Å². The Hall–Kier alpha value is -1.58. The maximum Gasteiger partial charge on any atom is 0.155 e. The van der Waals surface area contributed by atoms with Crippen LogP contribution in [-0.4, -0.2) is 43.6 Å². The smallest absolute Gasteiger partial charge is 0.155 e. The molecule has 0 bridgehead atoms. The van der Waals surface area contributed by atoms with E-state index in [1.807, 2.05) is 0 Å². The van der Waals surface area contributed by atoms with Gasteiger partial charge in [0.15, 0.2) is 23.1 Å². The van der Waals surface area contributed by atoms with Crippen molar-refractivity contribution in [3.8, 4) is 0 Å². The number of hydrogen-bond donors (Lipinski definition) is 4. The Morgan fingerprint density at radius 1 is 0.414 bits per heavy atom. The Balaban J connectivity index is -0.0000000873. The zero-order chi connectivity index (χ0) is 23.4. The molecular formula is C20H32EuO8. The van der Waals surface area contributed by atoms with Crippen molar-refractivity contribution in [2.45, 2.75) is 55.4 Å². The van der Waals surface area contributed by atoms with Crippen LogP contribution in [0.25, 0.3) is 0 Å². The molecule has 0 fully saturated rings. The second-order valence-corrected chi connectivity index (χ2v) is 5.59. The van der Waals surface area contributed by atoms with Gasteiger partial charge in [-0.15, -0.1) is 0 Å². The molecule has 0 spiro atoms. The first-order valence-corrected chi connectivity index (χ1v) is 8.02. The summed E-state index contributed by atoms with van der Waals surface area (Å²) in [5, 5.41) is 33.5.